The molecule has 0 aliphatic heterocycles. The molecule has 2 heterocycles. The number of fused-ring (bicyclic) bond motifs is 1. The van der Waals surface area contributed by atoms with Gasteiger partial charge in [0.05, 0.1) is 16.7 Å². The smallest absolute Gasteiger partial charge is 0.428 e. The Balaban J connectivity index is 1.34. The number of benzene rings is 4. The van der Waals surface area contributed by atoms with Crippen LogP contribution in [-0.2, 0) is 24.8 Å². The van der Waals surface area contributed by atoms with Crippen LogP contribution in [0.4, 0.5) is 4.79 Å². The van der Waals surface area contributed by atoms with Gasteiger partial charge in [-0.15, -0.1) is 0 Å². The van der Waals surface area contributed by atoms with Crippen LogP contribution in [0.15, 0.2) is 91.0 Å². The van der Waals surface area contributed by atoms with E-state index in [4.69, 9.17) is 19.4 Å². The van der Waals surface area contributed by atoms with Crippen molar-refractivity contribution < 1.29 is 14.3 Å². The van der Waals surface area contributed by atoms with Gasteiger partial charge in [0.15, 0.2) is 0 Å². The molecule has 2 aromatic heterocycles. The van der Waals surface area contributed by atoms with E-state index in [1.165, 1.54) is 0 Å². The lowest BCUT2D eigenvalue weighted by molar-refractivity contribution is 0.0207. The van der Waals surface area contributed by atoms with Crippen LogP contribution >= 0.6 is 0 Å². The summed E-state index contributed by atoms with van der Waals surface area (Å²) in [5.41, 5.74) is 9.86. The van der Waals surface area contributed by atoms with Gasteiger partial charge < -0.3 is 18.6 Å². The summed E-state index contributed by atoms with van der Waals surface area (Å²) in [6.07, 6.45) is 1.17. The maximum atomic E-state index is 12.4. The fourth-order valence-corrected chi connectivity index (χ4v) is 5.99. The number of carbonyl (C=O) groups is 1. The summed E-state index contributed by atoms with van der Waals surface area (Å²) in [6.45, 7) is 12.6. The number of hydrogen-bond acceptors (Lipinski definition) is 5. The molecule has 0 spiro atoms. The van der Waals surface area contributed by atoms with Crippen molar-refractivity contribution in [2.24, 2.45) is 7.05 Å². The van der Waals surface area contributed by atoms with Gasteiger partial charge in [0.25, 0.3) is 0 Å². The van der Waals surface area contributed by atoms with Crippen molar-refractivity contribution in [1.82, 2.24) is 19.1 Å². The first-order chi connectivity index (χ1) is 22.5. The largest absolute Gasteiger partial charge is 0.514 e. The van der Waals surface area contributed by atoms with Gasteiger partial charge in [-0.3, -0.25) is 0 Å². The van der Waals surface area contributed by atoms with E-state index in [2.05, 4.69) is 97.6 Å². The summed E-state index contributed by atoms with van der Waals surface area (Å²) >= 11 is 0. The lowest BCUT2D eigenvalue weighted by Gasteiger charge is -2.19. The minimum atomic E-state index is -0.719. The second-order valence-corrected chi connectivity index (χ2v) is 13.1. The van der Waals surface area contributed by atoms with Crippen molar-refractivity contribution in [1.29, 1.82) is 0 Å². The van der Waals surface area contributed by atoms with Gasteiger partial charge in [-0.05, 0) is 75.9 Å². The number of para-hydroxylation sites is 1. The Morgan fingerprint density at radius 2 is 1.53 bits per heavy atom. The molecule has 240 valence electrons. The van der Waals surface area contributed by atoms with Gasteiger partial charge in [0.1, 0.15) is 23.0 Å². The molecule has 7 heteroatoms. The van der Waals surface area contributed by atoms with Crippen LogP contribution in [-0.4, -0.2) is 30.9 Å². The topological polar surface area (TPSA) is 71.2 Å². The third-order valence-corrected chi connectivity index (χ3v) is 8.36. The van der Waals surface area contributed by atoms with E-state index in [1.54, 1.807) is 6.07 Å². The minimum absolute atomic E-state index is 0.461. The second-order valence-electron chi connectivity index (χ2n) is 13.1. The molecular weight excluding hydrogens is 584 g/mol. The van der Waals surface area contributed by atoms with E-state index < -0.39 is 11.8 Å². The molecule has 0 saturated carbocycles. The molecule has 4 aromatic carbocycles. The first kappa shape index (κ1) is 31.8. The number of rotatable bonds is 8. The summed E-state index contributed by atoms with van der Waals surface area (Å²) < 4.78 is 15.5. The Bertz CT molecular complexity index is 2050. The van der Waals surface area contributed by atoms with Crippen LogP contribution < -0.4 is 4.74 Å². The zero-order valence-corrected chi connectivity index (χ0v) is 28.3. The van der Waals surface area contributed by atoms with E-state index in [0.29, 0.717) is 12.3 Å². The summed E-state index contributed by atoms with van der Waals surface area (Å²) in [6, 6.07) is 30.7. The normalized spacial score (nSPS) is 11.6. The highest BCUT2D eigenvalue weighted by Crippen LogP contribution is 2.34. The van der Waals surface area contributed by atoms with Gasteiger partial charge in [0, 0.05) is 42.4 Å². The van der Waals surface area contributed by atoms with Crippen molar-refractivity contribution in [3.63, 3.8) is 0 Å². The van der Waals surface area contributed by atoms with E-state index in [-0.39, 0.29) is 0 Å². The van der Waals surface area contributed by atoms with Gasteiger partial charge in [-0.25, -0.2) is 14.8 Å². The van der Waals surface area contributed by atoms with Gasteiger partial charge in [0.2, 0.25) is 0 Å². The number of ether oxygens (including phenoxy) is 2. The Labute approximate surface area is 276 Å². The fraction of sp³-hybridized carbons (Fsp3) is 0.275. The van der Waals surface area contributed by atoms with Crippen LogP contribution in [0.2, 0.25) is 0 Å². The predicted octanol–water partition coefficient (Wildman–Crippen LogP) is 9.70. The molecule has 0 aliphatic carbocycles. The number of nitrogens with zero attached hydrogens (tertiary/aromatic N) is 4. The van der Waals surface area contributed by atoms with E-state index in [1.807, 2.05) is 45.0 Å². The summed E-state index contributed by atoms with van der Waals surface area (Å²) in [5.74, 6) is 2.47. The molecule has 47 heavy (non-hydrogen) atoms. The van der Waals surface area contributed by atoms with Gasteiger partial charge >= 0.3 is 6.16 Å². The Kier molecular flexibility index (Phi) is 8.74. The summed E-state index contributed by atoms with van der Waals surface area (Å²) in [5, 5.41) is 0. The van der Waals surface area contributed by atoms with Crippen molar-refractivity contribution in [2.45, 2.75) is 66.5 Å². The summed E-state index contributed by atoms with van der Waals surface area (Å²) in [7, 11) is 2.09. The molecule has 0 amide bonds. The molecule has 0 atom stereocenters. The van der Waals surface area contributed by atoms with E-state index >= 15 is 0 Å². The highest BCUT2D eigenvalue weighted by atomic mass is 16.7. The molecule has 0 aliphatic rings. The van der Waals surface area contributed by atoms with Crippen LogP contribution in [0, 0.1) is 13.8 Å². The average Bonchev–Trinajstić information content (AvgIpc) is 3.53. The van der Waals surface area contributed by atoms with Crippen LogP contribution in [0.25, 0.3) is 44.8 Å². The Morgan fingerprint density at radius 3 is 2.23 bits per heavy atom. The zero-order chi connectivity index (χ0) is 33.3. The predicted molar refractivity (Wildman–Crippen MR) is 189 cm³/mol. The van der Waals surface area contributed by atoms with E-state index in [0.717, 1.165) is 80.3 Å². The molecule has 0 fully saturated rings. The molecular formula is C40H42N4O3. The average molecular weight is 627 g/mol. The molecule has 0 N–H and O–H groups in total. The first-order valence-electron chi connectivity index (χ1n) is 16.2. The maximum absolute atomic E-state index is 12.4. The second kappa shape index (κ2) is 12.9. The molecule has 0 saturated heterocycles. The number of hydrogen-bond donors (Lipinski definition) is 0. The lowest BCUT2D eigenvalue weighted by atomic mass is 10.0. The van der Waals surface area contributed by atoms with Crippen molar-refractivity contribution in [3.8, 4) is 39.5 Å². The number of imidazole rings is 2. The molecule has 6 aromatic rings. The minimum Gasteiger partial charge on any atom is -0.428 e. The number of aryl methyl sites for hydroxylation is 2. The SMILES string of the molecule is CCCc1nc2c(C)cc(-c3nc(-c4ccccc4)c(C)n3C)cc2n1Cc1ccc(-c2ccccc2OC(=O)OC(C)(C)C)cc1. The molecule has 7 nitrogen and oxygen atoms in total. The van der Waals surface area contributed by atoms with Crippen LogP contribution in [0.3, 0.4) is 0 Å². The zero-order valence-electron chi connectivity index (χ0n) is 28.3. The quantitative estimate of drug-likeness (QED) is 0.124. The van der Waals surface area contributed by atoms with Gasteiger partial charge in [-0.2, -0.15) is 0 Å². The van der Waals surface area contributed by atoms with Gasteiger partial charge in [-0.1, -0.05) is 79.7 Å². The Hall–Kier alpha value is -5.17. The van der Waals surface area contributed by atoms with Crippen molar-refractivity contribution in [3.05, 3.63) is 114 Å². The third-order valence-electron chi connectivity index (χ3n) is 8.36. The Morgan fingerprint density at radius 1 is 0.830 bits per heavy atom. The van der Waals surface area contributed by atoms with Crippen molar-refractivity contribution >= 4 is 17.2 Å². The molecule has 0 unspecified atom stereocenters. The maximum Gasteiger partial charge on any atom is 0.514 e. The summed E-state index contributed by atoms with van der Waals surface area (Å²) in [4.78, 5) is 22.7. The van der Waals surface area contributed by atoms with Crippen LogP contribution in [0.1, 0.15) is 56.8 Å². The standard InChI is InChI=1S/C40H42N4O3/c1-8-14-35-41-36-26(2)23-31(38-42-37(27(3)43(38)7)30-15-10-9-11-16-30)24-33(36)44(35)25-28-19-21-29(22-20-28)32-17-12-13-18-34(32)46-39(45)47-40(4,5)6/h9-13,15-24H,8,14,25H2,1-7H3. The molecule has 0 radical (unpaired) electrons. The highest BCUT2D eigenvalue weighted by Gasteiger charge is 2.21. The monoisotopic (exact) mass is 626 g/mol. The highest BCUT2D eigenvalue weighted by molar-refractivity contribution is 5.85. The first-order valence-corrected chi connectivity index (χ1v) is 16.2. The molecule has 0 bridgehead atoms. The third kappa shape index (κ3) is 6.70. The van der Waals surface area contributed by atoms with Crippen molar-refractivity contribution in [2.75, 3.05) is 0 Å². The molecule has 6 rings (SSSR count). The van der Waals surface area contributed by atoms with E-state index in [9.17, 15) is 4.79 Å². The number of aromatic nitrogens is 4. The lowest BCUT2D eigenvalue weighted by Crippen LogP contribution is -2.26. The van der Waals surface area contributed by atoms with Crippen LogP contribution in [0.5, 0.6) is 5.75 Å². The fourth-order valence-electron chi connectivity index (χ4n) is 5.99. The number of carbonyl (C=O) groups excluding carboxylic acids is 1.